The van der Waals surface area contributed by atoms with Gasteiger partial charge < -0.3 is 5.32 Å². The van der Waals surface area contributed by atoms with Crippen molar-refractivity contribution in [2.45, 2.75) is 19.8 Å². The normalized spacial score (nSPS) is 17.2. The number of allylic oxidation sites excluding steroid dienone is 4. The first-order valence-corrected chi connectivity index (χ1v) is 4.44. The van der Waals surface area contributed by atoms with E-state index in [0.717, 1.165) is 29.7 Å². The molecule has 0 aliphatic heterocycles. The predicted octanol–water partition coefficient (Wildman–Crippen LogP) is 2.28. The minimum Gasteiger partial charge on any atom is -0.388 e. The van der Waals surface area contributed by atoms with Crippen LogP contribution in [0, 0.1) is 11.3 Å². The lowest BCUT2D eigenvalue weighted by molar-refractivity contribution is 0.921. The Hall–Kier alpha value is -1.49. The number of nitriles is 1. The SMILES string of the molecule is CNC1=CCCC=C1/C=C(\C)C#N. The zero-order valence-corrected chi connectivity index (χ0v) is 8.09. The van der Waals surface area contributed by atoms with Gasteiger partial charge >= 0.3 is 0 Å². The molecule has 0 saturated carbocycles. The number of rotatable bonds is 2. The van der Waals surface area contributed by atoms with E-state index in [1.807, 2.05) is 20.0 Å². The molecule has 2 nitrogen and oxygen atoms in total. The van der Waals surface area contributed by atoms with E-state index in [-0.39, 0.29) is 0 Å². The van der Waals surface area contributed by atoms with Crippen molar-refractivity contribution in [3.05, 3.63) is 35.1 Å². The molecule has 13 heavy (non-hydrogen) atoms. The molecule has 0 amide bonds. The Kier molecular flexibility index (Phi) is 3.33. The lowest BCUT2D eigenvalue weighted by atomic mass is 10.0. The zero-order valence-electron chi connectivity index (χ0n) is 8.09. The fourth-order valence-corrected chi connectivity index (χ4v) is 1.34. The molecular weight excluding hydrogens is 160 g/mol. The summed E-state index contributed by atoms with van der Waals surface area (Å²) in [5.74, 6) is 0. The van der Waals surface area contributed by atoms with Gasteiger partial charge in [0.1, 0.15) is 0 Å². The van der Waals surface area contributed by atoms with Crippen molar-refractivity contribution in [3.8, 4) is 6.07 Å². The molecule has 0 fully saturated rings. The Morgan fingerprint density at radius 1 is 1.54 bits per heavy atom. The highest BCUT2D eigenvalue weighted by molar-refractivity contribution is 5.44. The molecule has 0 atom stereocenters. The summed E-state index contributed by atoms with van der Waals surface area (Å²) < 4.78 is 0. The highest BCUT2D eigenvalue weighted by Gasteiger charge is 2.04. The fourth-order valence-electron chi connectivity index (χ4n) is 1.34. The van der Waals surface area contributed by atoms with Crippen molar-refractivity contribution in [3.63, 3.8) is 0 Å². The number of hydrogen-bond donors (Lipinski definition) is 1. The van der Waals surface area contributed by atoms with E-state index in [1.165, 1.54) is 0 Å². The molecule has 0 aromatic rings. The predicted molar refractivity (Wildman–Crippen MR) is 53.8 cm³/mol. The molecule has 0 saturated heterocycles. The minimum absolute atomic E-state index is 0.745. The van der Waals surface area contributed by atoms with Gasteiger partial charge in [-0.25, -0.2) is 0 Å². The third-order valence-electron chi connectivity index (χ3n) is 2.01. The highest BCUT2D eigenvalue weighted by atomic mass is 14.8. The first-order chi connectivity index (χ1) is 6.27. The van der Waals surface area contributed by atoms with Crippen molar-refractivity contribution in [1.29, 1.82) is 5.26 Å². The van der Waals surface area contributed by atoms with Gasteiger partial charge in [0, 0.05) is 18.3 Å². The summed E-state index contributed by atoms with van der Waals surface area (Å²) in [5, 5.41) is 11.8. The van der Waals surface area contributed by atoms with Crippen LogP contribution in [0.2, 0.25) is 0 Å². The second kappa shape index (κ2) is 4.51. The molecule has 2 heteroatoms. The van der Waals surface area contributed by atoms with Crippen LogP contribution in [0.15, 0.2) is 35.1 Å². The maximum atomic E-state index is 8.64. The van der Waals surface area contributed by atoms with E-state index in [9.17, 15) is 0 Å². The molecule has 1 aliphatic carbocycles. The fraction of sp³-hybridized carbons (Fsp3) is 0.364. The van der Waals surface area contributed by atoms with Crippen LogP contribution in [-0.2, 0) is 0 Å². The second-order valence-corrected chi connectivity index (χ2v) is 3.04. The van der Waals surface area contributed by atoms with Gasteiger partial charge in [0.15, 0.2) is 0 Å². The summed E-state index contributed by atoms with van der Waals surface area (Å²) in [4.78, 5) is 0. The molecule has 1 rings (SSSR count). The topological polar surface area (TPSA) is 35.8 Å². The summed E-state index contributed by atoms with van der Waals surface area (Å²) in [5.41, 5.74) is 3.00. The minimum atomic E-state index is 0.745. The Bertz CT molecular complexity index is 313. The van der Waals surface area contributed by atoms with Crippen molar-refractivity contribution < 1.29 is 0 Å². The van der Waals surface area contributed by atoms with Crippen molar-refractivity contribution in [1.82, 2.24) is 5.32 Å². The van der Waals surface area contributed by atoms with Crippen LogP contribution in [0.3, 0.4) is 0 Å². The summed E-state index contributed by atoms with van der Waals surface area (Å²) in [7, 11) is 1.90. The average molecular weight is 174 g/mol. The number of nitrogens with zero attached hydrogens (tertiary/aromatic N) is 1. The van der Waals surface area contributed by atoms with Crippen LogP contribution < -0.4 is 5.32 Å². The molecule has 0 bridgehead atoms. The van der Waals surface area contributed by atoms with E-state index in [1.54, 1.807) is 0 Å². The zero-order chi connectivity index (χ0) is 9.68. The van der Waals surface area contributed by atoms with Crippen molar-refractivity contribution in [2.24, 2.45) is 0 Å². The smallest absolute Gasteiger partial charge is 0.0944 e. The maximum Gasteiger partial charge on any atom is 0.0944 e. The Balaban J connectivity index is 2.86. The van der Waals surface area contributed by atoms with E-state index < -0.39 is 0 Å². The summed E-state index contributed by atoms with van der Waals surface area (Å²) in [6.07, 6.45) is 8.39. The van der Waals surface area contributed by atoms with Crippen LogP contribution in [0.4, 0.5) is 0 Å². The van der Waals surface area contributed by atoms with Gasteiger partial charge in [-0.1, -0.05) is 12.2 Å². The molecule has 0 aromatic carbocycles. The van der Waals surface area contributed by atoms with E-state index in [4.69, 9.17) is 5.26 Å². The standard InChI is InChI=1S/C11H14N2/c1-9(8-12)7-10-5-3-4-6-11(10)13-2/h5-7,13H,3-4H2,1-2H3/b9-7+. The number of nitrogens with one attached hydrogen (secondary N) is 1. The molecule has 0 spiro atoms. The van der Waals surface area contributed by atoms with Gasteiger partial charge in [-0.05, 0) is 31.4 Å². The lowest BCUT2D eigenvalue weighted by Crippen LogP contribution is -2.09. The van der Waals surface area contributed by atoms with Gasteiger partial charge in [-0.2, -0.15) is 5.26 Å². The Morgan fingerprint density at radius 2 is 2.23 bits per heavy atom. The maximum absolute atomic E-state index is 8.64. The van der Waals surface area contributed by atoms with Crippen LogP contribution in [0.5, 0.6) is 0 Å². The van der Waals surface area contributed by atoms with Gasteiger partial charge in [-0.3, -0.25) is 0 Å². The molecule has 0 unspecified atom stereocenters. The summed E-state index contributed by atoms with van der Waals surface area (Å²) in [6, 6.07) is 2.12. The van der Waals surface area contributed by atoms with E-state index >= 15 is 0 Å². The first kappa shape index (κ1) is 9.60. The van der Waals surface area contributed by atoms with Crippen LogP contribution in [0.1, 0.15) is 19.8 Å². The molecule has 0 radical (unpaired) electrons. The monoisotopic (exact) mass is 174 g/mol. The van der Waals surface area contributed by atoms with Crippen LogP contribution in [-0.4, -0.2) is 7.05 Å². The van der Waals surface area contributed by atoms with Crippen molar-refractivity contribution in [2.75, 3.05) is 7.05 Å². The third kappa shape index (κ3) is 2.48. The van der Waals surface area contributed by atoms with Crippen molar-refractivity contribution >= 4 is 0 Å². The molecule has 0 heterocycles. The third-order valence-corrected chi connectivity index (χ3v) is 2.01. The number of hydrogen-bond acceptors (Lipinski definition) is 2. The quantitative estimate of drug-likeness (QED) is 0.652. The Morgan fingerprint density at radius 3 is 2.85 bits per heavy atom. The molecule has 68 valence electrons. The number of likely N-dealkylation sites (N-methyl/N-ethyl adjacent to an activating group) is 1. The second-order valence-electron chi connectivity index (χ2n) is 3.04. The summed E-state index contributed by atoms with van der Waals surface area (Å²) in [6.45, 7) is 1.82. The largest absolute Gasteiger partial charge is 0.388 e. The van der Waals surface area contributed by atoms with E-state index in [2.05, 4.69) is 23.5 Å². The van der Waals surface area contributed by atoms with Gasteiger partial charge in [-0.15, -0.1) is 0 Å². The molecular formula is C11H14N2. The molecule has 1 aliphatic rings. The average Bonchev–Trinajstić information content (AvgIpc) is 2.18. The van der Waals surface area contributed by atoms with Crippen LogP contribution >= 0.6 is 0 Å². The molecule has 0 aromatic heterocycles. The van der Waals surface area contributed by atoms with Crippen LogP contribution in [0.25, 0.3) is 0 Å². The first-order valence-electron chi connectivity index (χ1n) is 4.44. The summed E-state index contributed by atoms with van der Waals surface area (Å²) >= 11 is 0. The van der Waals surface area contributed by atoms with Gasteiger partial charge in [0.2, 0.25) is 0 Å². The highest BCUT2D eigenvalue weighted by Crippen LogP contribution is 2.18. The van der Waals surface area contributed by atoms with Gasteiger partial charge in [0.25, 0.3) is 0 Å². The lowest BCUT2D eigenvalue weighted by Gasteiger charge is -2.12. The van der Waals surface area contributed by atoms with Gasteiger partial charge in [0.05, 0.1) is 6.07 Å². The van der Waals surface area contributed by atoms with E-state index in [0.29, 0.717) is 0 Å². The molecule has 1 N–H and O–H groups in total. The Labute approximate surface area is 79.3 Å².